The van der Waals surface area contributed by atoms with E-state index in [9.17, 15) is 23.1 Å². The number of hydrogen-bond acceptors (Lipinski definition) is 7. The zero-order chi connectivity index (χ0) is 19.1. The number of carbonyl (C=O) groups is 1. The monoisotopic (exact) mass is 392 g/mol. The molecular weight excluding hydrogens is 381 g/mol. The number of nitrogens with zero attached hydrogens (tertiary/aromatic N) is 4. The number of aliphatic hydroxyl groups is 1. The summed E-state index contributed by atoms with van der Waals surface area (Å²) in [5.41, 5.74) is -1.33. The van der Waals surface area contributed by atoms with Gasteiger partial charge in [-0.2, -0.15) is 18.2 Å². The molecule has 12 heteroatoms. The number of hydrogen-bond donors (Lipinski definition) is 1. The summed E-state index contributed by atoms with van der Waals surface area (Å²) in [6, 6.07) is -0.894. The number of amides is 1. The summed E-state index contributed by atoms with van der Waals surface area (Å²) in [4.78, 5) is 24.2. The highest BCUT2D eigenvalue weighted by Crippen LogP contribution is 2.33. The van der Waals surface area contributed by atoms with Gasteiger partial charge in [-0.3, -0.25) is 4.79 Å². The molecule has 1 aliphatic heterocycles. The van der Waals surface area contributed by atoms with E-state index in [1.807, 2.05) is 0 Å². The normalized spacial score (nSPS) is 20.0. The van der Waals surface area contributed by atoms with Gasteiger partial charge in [0.2, 0.25) is 5.89 Å². The fraction of sp³-hybridized carbons (Fsp3) is 0.429. The smallest absolute Gasteiger partial charge is 0.435 e. The quantitative estimate of drug-likeness (QED) is 0.848. The standard InChI is InChI=1S/C14H12ClF3N4O4/c1-6-9(23)3-22(6)12(24)8-4-25-10(20-8)5-26-13-19-2-7(15)11(21-13)14(16,17)18/h2,4,6,9,23H,3,5H2,1H3/t6-,9-/m0/s1. The molecule has 140 valence electrons. The summed E-state index contributed by atoms with van der Waals surface area (Å²) in [5, 5.41) is 8.78. The molecule has 0 bridgehead atoms. The third-order valence-electron chi connectivity index (χ3n) is 3.78. The molecule has 26 heavy (non-hydrogen) atoms. The van der Waals surface area contributed by atoms with Crippen molar-refractivity contribution in [2.24, 2.45) is 0 Å². The Kier molecular flexibility index (Phi) is 4.76. The predicted molar refractivity (Wildman–Crippen MR) is 79.4 cm³/mol. The molecule has 0 unspecified atom stereocenters. The molecule has 1 saturated heterocycles. The molecular formula is C14H12ClF3N4O4. The van der Waals surface area contributed by atoms with Crippen LogP contribution in [0.4, 0.5) is 13.2 Å². The van der Waals surface area contributed by atoms with E-state index in [4.69, 9.17) is 20.8 Å². The maximum absolute atomic E-state index is 12.7. The minimum Gasteiger partial charge on any atom is -0.453 e. The maximum Gasteiger partial charge on any atom is 0.435 e. The second kappa shape index (κ2) is 6.72. The molecule has 1 aliphatic rings. The fourth-order valence-electron chi connectivity index (χ4n) is 2.23. The Bertz CT molecular complexity index is 829. The molecule has 2 aromatic rings. The molecule has 8 nitrogen and oxygen atoms in total. The Labute approximate surface area is 149 Å². The van der Waals surface area contributed by atoms with Crippen LogP contribution in [0.25, 0.3) is 0 Å². The van der Waals surface area contributed by atoms with Crippen LogP contribution in [0.5, 0.6) is 6.01 Å². The number of carbonyl (C=O) groups excluding carboxylic acids is 1. The number of oxazole rings is 1. The summed E-state index contributed by atoms with van der Waals surface area (Å²) in [6.45, 7) is 1.49. The van der Waals surface area contributed by atoms with Gasteiger partial charge in [0.1, 0.15) is 6.26 Å². The van der Waals surface area contributed by atoms with Crippen LogP contribution in [-0.4, -0.2) is 49.6 Å². The third kappa shape index (κ3) is 3.58. The Morgan fingerprint density at radius 2 is 2.23 bits per heavy atom. The molecule has 3 rings (SSSR count). The van der Waals surface area contributed by atoms with Gasteiger partial charge in [0.25, 0.3) is 5.91 Å². The molecule has 0 spiro atoms. The molecule has 3 heterocycles. The average molecular weight is 393 g/mol. The van der Waals surface area contributed by atoms with Crippen molar-refractivity contribution >= 4 is 17.5 Å². The van der Waals surface area contributed by atoms with E-state index < -0.39 is 34.9 Å². The van der Waals surface area contributed by atoms with Gasteiger partial charge in [-0.05, 0) is 6.92 Å². The van der Waals surface area contributed by atoms with Crippen LogP contribution >= 0.6 is 11.6 Å². The molecule has 1 N–H and O–H groups in total. The SMILES string of the molecule is C[C@H]1[C@@H](O)CN1C(=O)c1coc(COc2ncc(Cl)c(C(F)(F)F)n2)n1. The van der Waals surface area contributed by atoms with Gasteiger partial charge in [0.15, 0.2) is 18.0 Å². The second-order valence-corrected chi connectivity index (χ2v) is 5.93. The number of β-amino-alcohol motifs (C(OH)–C–C–N with tert-alkyl or cyclic N) is 1. The Hall–Kier alpha value is -2.40. The Morgan fingerprint density at radius 3 is 2.85 bits per heavy atom. The van der Waals surface area contributed by atoms with E-state index in [2.05, 4.69) is 15.0 Å². The number of aliphatic hydroxyl groups excluding tert-OH is 1. The first-order chi connectivity index (χ1) is 12.2. The molecule has 2 aromatic heterocycles. The first-order valence-electron chi connectivity index (χ1n) is 7.32. The second-order valence-electron chi connectivity index (χ2n) is 5.53. The highest BCUT2D eigenvalue weighted by Gasteiger charge is 2.39. The minimum atomic E-state index is -4.75. The van der Waals surface area contributed by atoms with Crippen LogP contribution in [0.15, 0.2) is 16.9 Å². The molecule has 1 fully saturated rings. The molecule has 1 amide bonds. The number of likely N-dealkylation sites (tertiary alicyclic amines) is 1. The van der Waals surface area contributed by atoms with Crippen molar-refractivity contribution in [1.29, 1.82) is 0 Å². The summed E-state index contributed by atoms with van der Waals surface area (Å²) in [6.07, 6.45) is -3.46. The summed E-state index contributed by atoms with van der Waals surface area (Å²) in [5.74, 6) is -0.478. The zero-order valence-electron chi connectivity index (χ0n) is 13.2. The van der Waals surface area contributed by atoms with Crippen molar-refractivity contribution in [1.82, 2.24) is 19.9 Å². The number of alkyl halides is 3. The first kappa shape index (κ1) is 18.4. The predicted octanol–water partition coefficient (Wildman–Crippen LogP) is 1.92. The van der Waals surface area contributed by atoms with Crippen LogP contribution < -0.4 is 4.74 Å². The van der Waals surface area contributed by atoms with Crippen molar-refractivity contribution in [2.75, 3.05) is 6.54 Å². The summed E-state index contributed by atoms with van der Waals surface area (Å²) < 4.78 is 48.3. The number of aromatic nitrogens is 3. The lowest BCUT2D eigenvalue weighted by molar-refractivity contribution is -0.141. The van der Waals surface area contributed by atoms with Crippen LogP contribution in [-0.2, 0) is 12.8 Å². The lowest BCUT2D eigenvalue weighted by atomic mass is 10.0. The van der Waals surface area contributed by atoms with Crippen molar-refractivity contribution in [3.05, 3.63) is 34.8 Å². The van der Waals surface area contributed by atoms with E-state index in [0.29, 0.717) is 0 Å². The fourth-order valence-corrected chi connectivity index (χ4v) is 2.42. The van der Waals surface area contributed by atoms with E-state index in [1.54, 1.807) is 6.92 Å². The third-order valence-corrected chi connectivity index (χ3v) is 4.06. The van der Waals surface area contributed by atoms with Crippen LogP contribution in [0.3, 0.4) is 0 Å². The van der Waals surface area contributed by atoms with Gasteiger partial charge >= 0.3 is 12.2 Å². The highest BCUT2D eigenvalue weighted by molar-refractivity contribution is 6.31. The van der Waals surface area contributed by atoms with Crippen LogP contribution in [0.2, 0.25) is 5.02 Å². The zero-order valence-corrected chi connectivity index (χ0v) is 14.0. The first-order valence-corrected chi connectivity index (χ1v) is 7.70. The van der Waals surface area contributed by atoms with Gasteiger partial charge in [-0.15, -0.1) is 0 Å². The maximum atomic E-state index is 12.7. The number of rotatable bonds is 4. The Balaban J connectivity index is 1.65. The van der Waals surface area contributed by atoms with Gasteiger partial charge in [0, 0.05) is 6.54 Å². The van der Waals surface area contributed by atoms with Gasteiger partial charge in [-0.25, -0.2) is 9.97 Å². The van der Waals surface area contributed by atoms with Crippen molar-refractivity contribution in [3.63, 3.8) is 0 Å². The van der Waals surface area contributed by atoms with E-state index in [-0.39, 0.29) is 30.8 Å². The molecule has 0 saturated carbocycles. The largest absolute Gasteiger partial charge is 0.453 e. The lowest BCUT2D eigenvalue weighted by Crippen LogP contribution is -2.60. The number of ether oxygens (including phenoxy) is 1. The number of halogens is 4. The topological polar surface area (TPSA) is 102 Å². The van der Waals surface area contributed by atoms with Crippen molar-refractivity contribution in [3.8, 4) is 6.01 Å². The van der Waals surface area contributed by atoms with Gasteiger partial charge < -0.3 is 19.2 Å². The van der Waals surface area contributed by atoms with E-state index >= 15 is 0 Å². The summed E-state index contributed by atoms with van der Waals surface area (Å²) in [7, 11) is 0. The molecule has 0 radical (unpaired) electrons. The van der Waals surface area contributed by atoms with Crippen LogP contribution in [0.1, 0.15) is 29.0 Å². The highest BCUT2D eigenvalue weighted by atomic mass is 35.5. The van der Waals surface area contributed by atoms with E-state index in [0.717, 1.165) is 12.5 Å². The molecule has 0 aliphatic carbocycles. The Morgan fingerprint density at radius 1 is 1.50 bits per heavy atom. The van der Waals surface area contributed by atoms with Gasteiger partial charge in [-0.1, -0.05) is 11.6 Å². The molecule has 0 aromatic carbocycles. The molecule has 2 atom stereocenters. The lowest BCUT2D eigenvalue weighted by Gasteiger charge is -2.42. The van der Waals surface area contributed by atoms with Crippen molar-refractivity contribution in [2.45, 2.75) is 31.9 Å². The summed E-state index contributed by atoms with van der Waals surface area (Å²) >= 11 is 5.42. The van der Waals surface area contributed by atoms with Gasteiger partial charge in [0.05, 0.1) is 23.4 Å². The van der Waals surface area contributed by atoms with Crippen molar-refractivity contribution < 1.29 is 32.2 Å². The average Bonchev–Trinajstić information content (AvgIpc) is 3.06. The van der Waals surface area contributed by atoms with E-state index in [1.165, 1.54) is 4.90 Å². The minimum absolute atomic E-state index is 0.00430. The van der Waals surface area contributed by atoms with Crippen LogP contribution in [0, 0.1) is 0 Å².